The third-order valence-corrected chi connectivity index (χ3v) is 3.49. The Bertz CT molecular complexity index is 450. The molecule has 0 aliphatic heterocycles. The number of rotatable bonds is 7. The fourth-order valence-corrected chi connectivity index (χ4v) is 1.83. The topological polar surface area (TPSA) is 52.3 Å². The lowest BCUT2D eigenvalue weighted by atomic mass is 9.80. The maximum atomic E-state index is 12.2. The van der Waals surface area contributed by atoms with Gasteiger partial charge in [-0.3, -0.25) is 4.79 Å². The van der Waals surface area contributed by atoms with Crippen molar-refractivity contribution in [3.63, 3.8) is 0 Å². The second-order valence-corrected chi connectivity index (χ2v) is 5.43. The van der Waals surface area contributed by atoms with Gasteiger partial charge in [-0.1, -0.05) is 46.8 Å². The number of halogens is 2. The number of carbonyl (C=O) groups is 1. The molecule has 0 saturated carbocycles. The van der Waals surface area contributed by atoms with Crippen molar-refractivity contribution < 1.29 is 19.7 Å². The van der Waals surface area contributed by atoms with Gasteiger partial charge in [-0.25, -0.2) is 0 Å². The van der Waals surface area contributed by atoms with Gasteiger partial charge in [-0.15, -0.1) is 0 Å². The van der Waals surface area contributed by atoms with Crippen LogP contribution in [-0.2, 0) is 11.2 Å². The molecule has 1 aromatic rings. The normalized spacial score (nSPS) is 12.4. The zero-order valence-electron chi connectivity index (χ0n) is 14.0. The summed E-state index contributed by atoms with van der Waals surface area (Å²) in [4.78, 5) is 12.2. The van der Waals surface area contributed by atoms with Gasteiger partial charge in [0.05, 0.1) is 6.04 Å². The fraction of sp³-hybridized carbons (Fsp3) is 0.588. The van der Waals surface area contributed by atoms with Crippen LogP contribution in [0.1, 0.15) is 48.0 Å². The zero-order valence-corrected chi connectivity index (χ0v) is 14.0. The average molecular weight is 317 g/mol. The Morgan fingerprint density at radius 1 is 1.27 bits per heavy atom. The molecule has 0 saturated heterocycles. The van der Waals surface area contributed by atoms with Crippen LogP contribution in [0.2, 0.25) is 0 Å². The van der Waals surface area contributed by atoms with Crippen molar-refractivity contribution in [2.24, 2.45) is 11.1 Å². The van der Waals surface area contributed by atoms with Crippen LogP contribution < -0.4 is 10.5 Å². The van der Waals surface area contributed by atoms with Crippen molar-refractivity contribution in [3.05, 3.63) is 29.8 Å². The quantitative estimate of drug-likeness (QED) is 0.809. The summed E-state index contributed by atoms with van der Waals surface area (Å²) in [5, 5.41) is 0. The Hall–Kier alpha value is -1.49. The molecule has 0 aromatic heterocycles. The number of Topliss-reactive ketones (excluding diaryl/α,β-unsaturated/α-hetero) is 1. The van der Waals surface area contributed by atoms with Crippen LogP contribution in [0.25, 0.3) is 0 Å². The number of nitrogens with two attached hydrogens (primary N) is 1. The Kier molecular flexibility index (Phi) is 8.87. The Morgan fingerprint density at radius 3 is 2.18 bits per heavy atom. The number of hydrogen-bond acceptors (Lipinski definition) is 3. The second kappa shape index (κ2) is 9.51. The molecule has 0 radical (unpaired) electrons. The molecular weight excluding hydrogens is 288 g/mol. The van der Waals surface area contributed by atoms with E-state index >= 15 is 0 Å². The number of alkyl halides is 2. The minimum atomic E-state index is -2.84. The lowest BCUT2D eigenvalue weighted by Gasteiger charge is -2.25. The van der Waals surface area contributed by atoms with Gasteiger partial charge in [-0.2, -0.15) is 8.78 Å². The lowest BCUT2D eigenvalue weighted by Crippen LogP contribution is -2.41. The van der Waals surface area contributed by atoms with Crippen molar-refractivity contribution >= 4 is 5.78 Å². The summed E-state index contributed by atoms with van der Waals surface area (Å²) in [5.41, 5.74) is 6.30. The van der Waals surface area contributed by atoms with E-state index < -0.39 is 18.1 Å². The van der Waals surface area contributed by atoms with E-state index in [2.05, 4.69) is 4.74 Å². The first-order valence-electron chi connectivity index (χ1n) is 7.60. The van der Waals surface area contributed by atoms with E-state index in [9.17, 15) is 13.6 Å². The van der Waals surface area contributed by atoms with Gasteiger partial charge in [0.15, 0.2) is 5.78 Å². The van der Waals surface area contributed by atoms with Crippen LogP contribution in [0.4, 0.5) is 8.78 Å². The van der Waals surface area contributed by atoms with E-state index in [0.717, 1.165) is 12.0 Å². The summed E-state index contributed by atoms with van der Waals surface area (Å²) in [6.45, 7) is 6.85. The molecule has 0 aliphatic carbocycles. The van der Waals surface area contributed by atoms with E-state index in [1.807, 2.05) is 34.6 Å². The Balaban J connectivity index is 0. The summed E-state index contributed by atoms with van der Waals surface area (Å²) in [7, 11) is 0. The molecule has 0 heterocycles. The first-order valence-corrected chi connectivity index (χ1v) is 7.60. The molecule has 1 atom stereocenters. The maximum Gasteiger partial charge on any atom is 0.387 e. The van der Waals surface area contributed by atoms with Gasteiger partial charge in [0.1, 0.15) is 5.75 Å². The number of ketones is 1. The summed E-state index contributed by atoms with van der Waals surface area (Å²) in [6.07, 6.45) is 1.11. The highest BCUT2D eigenvalue weighted by molar-refractivity contribution is 5.89. The van der Waals surface area contributed by atoms with Crippen LogP contribution in [-0.4, -0.2) is 18.4 Å². The van der Waals surface area contributed by atoms with Gasteiger partial charge >= 0.3 is 6.61 Å². The first-order chi connectivity index (χ1) is 10.3. The van der Waals surface area contributed by atoms with Crippen molar-refractivity contribution in [1.29, 1.82) is 0 Å². The van der Waals surface area contributed by atoms with Crippen LogP contribution in [0.15, 0.2) is 24.3 Å². The summed E-state index contributed by atoms with van der Waals surface area (Å²) >= 11 is 0. The molecule has 1 rings (SSSR count). The van der Waals surface area contributed by atoms with E-state index in [-0.39, 0.29) is 13.0 Å². The third kappa shape index (κ3) is 6.52. The Labute approximate surface area is 133 Å². The number of benzene rings is 1. The summed E-state index contributed by atoms with van der Waals surface area (Å²) in [5.74, 6) is 0.102. The zero-order chi connectivity index (χ0) is 17.3. The maximum absolute atomic E-state index is 12.2. The molecule has 1 aromatic carbocycles. The summed E-state index contributed by atoms with van der Waals surface area (Å²) in [6, 6.07) is 5.59. The molecule has 3 nitrogen and oxygen atoms in total. The third-order valence-electron chi connectivity index (χ3n) is 3.49. The van der Waals surface area contributed by atoms with Crippen molar-refractivity contribution in [2.75, 3.05) is 0 Å². The van der Waals surface area contributed by atoms with E-state index in [0.29, 0.717) is 6.42 Å². The van der Waals surface area contributed by atoms with Crippen molar-refractivity contribution in [1.82, 2.24) is 0 Å². The lowest BCUT2D eigenvalue weighted by molar-refractivity contribution is -0.128. The number of carbonyl (C=O) groups excluding carboxylic acids is 1. The van der Waals surface area contributed by atoms with Crippen LogP contribution in [0.5, 0.6) is 5.75 Å². The SMILES string of the molecule is CC.CCC(C)(C)C(=O)C(N)Cc1ccc(OC(F)F)cc1.[HH]. The van der Waals surface area contributed by atoms with Gasteiger partial charge in [0.2, 0.25) is 0 Å². The molecule has 0 bridgehead atoms. The average Bonchev–Trinajstić information content (AvgIpc) is 2.49. The fourth-order valence-electron chi connectivity index (χ4n) is 1.83. The smallest absolute Gasteiger partial charge is 0.387 e. The molecule has 22 heavy (non-hydrogen) atoms. The second-order valence-electron chi connectivity index (χ2n) is 5.43. The van der Waals surface area contributed by atoms with Gasteiger partial charge < -0.3 is 10.5 Å². The monoisotopic (exact) mass is 317 g/mol. The number of hydrogen-bond donors (Lipinski definition) is 1. The highest BCUT2D eigenvalue weighted by Crippen LogP contribution is 2.23. The largest absolute Gasteiger partial charge is 0.435 e. The van der Waals surface area contributed by atoms with Crippen LogP contribution in [0, 0.1) is 5.41 Å². The molecule has 0 fully saturated rings. The van der Waals surface area contributed by atoms with Gasteiger partial charge in [-0.05, 0) is 30.5 Å². The molecule has 1 unspecified atom stereocenters. The predicted molar refractivity (Wildman–Crippen MR) is 87.3 cm³/mol. The van der Waals surface area contributed by atoms with Crippen molar-refractivity contribution in [2.45, 2.75) is 60.1 Å². The molecule has 5 heteroatoms. The number of ether oxygens (including phenoxy) is 1. The summed E-state index contributed by atoms with van der Waals surface area (Å²) < 4.78 is 28.3. The van der Waals surface area contributed by atoms with Gasteiger partial charge in [0, 0.05) is 6.84 Å². The molecule has 2 N–H and O–H groups in total. The molecule has 0 aliphatic rings. The van der Waals surface area contributed by atoms with E-state index in [1.54, 1.807) is 12.1 Å². The minimum Gasteiger partial charge on any atom is -0.435 e. The van der Waals surface area contributed by atoms with Gasteiger partial charge in [0.25, 0.3) is 0 Å². The van der Waals surface area contributed by atoms with E-state index in [1.165, 1.54) is 12.1 Å². The standard InChI is InChI=1S/C15H21F2NO2.C2H6.H2/c1-4-15(2,3)13(19)12(18)9-10-5-7-11(8-6-10)20-14(16)17;1-2;/h5-8,12,14H,4,9,18H2,1-3H3;1-2H3;1H. The van der Waals surface area contributed by atoms with Crippen molar-refractivity contribution in [3.8, 4) is 5.75 Å². The first kappa shape index (κ1) is 20.5. The predicted octanol–water partition coefficient (Wildman–Crippen LogP) is 4.44. The molecule has 0 spiro atoms. The van der Waals surface area contributed by atoms with Crippen LogP contribution in [0.3, 0.4) is 0 Å². The highest BCUT2D eigenvalue weighted by Gasteiger charge is 2.29. The van der Waals surface area contributed by atoms with E-state index in [4.69, 9.17) is 5.73 Å². The van der Waals surface area contributed by atoms with Crippen LogP contribution >= 0.6 is 0 Å². The molecule has 0 amide bonds. The minimum absolute atomic E-state index is 0. The Morgan fingerprint density at radius 2 is 1.77 bits per heavy atom. The molecular formula is C17H29F2NO2. The highest BCUT2D eigenvalue weighted by atomic mass is 19.3. The molecule has 128 valence electrons.